The smallest absolute Gasteiger partial charge is 0.251 e. The summed E-state index contributed by atoms with van der Waals surface area (Å²) >= 11 is 0. The van der Waals surface area contributed by atoms with E-state index in [-0.39, 0.29) is 27.5 Å². The molecular weight excluding hydrogens is 292 g/mol. The standard InChI is InChI=1S/C14H22N2O4S/c1-14(2,3)9-16-13(17)10-6-7-11(20-5)12(8-10)21(18,19)15-4/h6-8,15H,9H2,1-5H3,(H,16,17). The minimum absolute atomic E-state index is 0.0536. The molecule has 0 spiro atoms. The lowest BCUT2D eigenvalue weighted by Crippen LogP contribution is -2.32. The average Bonchev–Trinajstić information content (AvgIpc) is 2.43. The predicted octanol–water partition coefficient (Wildman–Crippen LogP) is 1.38. The minimum Gasteiger partial charge on any atom is -0.495 e. The molecule has 0 aromatic heterocycles. The van der Waals surface area contributed by atoms with E-state index >= 15 is 0 Å². The molecule has 118 valence electrons. The van der Waals surface area contributed by atoms with Crippen molar-refractivity contribution in [3.05, 3.63) is 23.8 Å². The number of nitrogens with one attached hydrogen (secondary N) is 2. The Hall–Kier alpha value is -1.60. The van der Waals surface area contributed by atoms with Crippen molar-refractivity contribution >= 4 is 15.9 Å². The lowest BCUT2D eigenvalue weighted by atomic mass is 9.97. The molecule has 0 fully saturated rings. The van der Waals surface area contributed by atoms with Crippen LogP contribution < -0.4 is 14.8 Å². The van der Waals surface area contributed by atoms with Crippen LogP contribution in [0.2, 0.25) is 0 Å². The van der Waals surface area contributed by atoms with Crippen molar-refractivity contribution in [1.29, 1.82) is 0 Å². The number of methoxy groups -OCH3 is 1. The quantitative estimate of drug-likeness (QED) is 0.860. The fourth-order valence-corrected chi connectivity index (χ4v) is 2.50. The summed E-state index contributed by atoms with van der Waals surface area (Å²) in [4.78, 5) is 12.0. The summed E-state index contributed by atoms with van der Waals surface area (Å²) in [6.45, 7) is 6.49. The van der Waals surface area contributed by atoms with Crippen molar-refractivity contribution in [3.8, 4) is 5.75 Å². The third-order valence-corrected chi connectivity index (χ3v) is 4.20. The molecule has 2 N–H and O–H groups in total. The summed E-state index contributed by atoms with van der Waals surface area (Å²) in [5.74, 6) is -0.128. The van der Waals surface area contributed by atoms with E-state index in [2.05, 4.69) is 10.0 Å². The van der Waals surface area contributed by atoms with Gasteiger partial charge in [-0.15, -0.1) is 0 Å². The van der Waals surface area contributed by atoms with Crippen molar-refractivity contribution in [2.45, 2.75) is 25.7 Å². The van der Waals surface area contributed by atoms with Crippen LogP contribution in [-0.4, -0.2) is 35.0 Å². The van der Waals surface area contributed by atoms with E-state index in [9.17, 15) is 13.2 Å². The Bertz CT molecular complexity index is 618. The molecule has 1 rings (SSSR count). The summed E-state index contributed by atoms with van der Waals surface area (Å²) in [6.07, 6.45) is 0. The maximum Gasteiger partial charge on any atom is 0.251 e. The van der Waals surface area contributed by atoms with Gasteiger partial charge in [0.2, 0.25) is 10.0 Å². The molecule has 0 aliphatic carbocycles. The molecule has 0 saturated heterocycles. The third-order valence-electron chi connectivity index (χ3n) is 2.76. The highest BCUT2D eigenvalue weighted by Gasteiger charge is 2.20. The molecule has 0 bridgehead atoms. The molecule has 0 atom stereocenters. The van der Waals surface area contributed by atoms with Gasteiger partial charge >= 0.3 is 0 Å². The van der Waals surface area contributed by atoms with Gasteiger partial charge in [-0.3, -0.25) is 4.79 Å². The lowest BCUT2D eigenvalue weighted by molar-refractivity contribution is 0.0939. The molecule has 7 heteroatoms. The number of sulfonamides is 1. The second-order valence-corrected chi connectivity index (χ2v) is 7.67. The first-order valence-corrected chi connectivity index (χ1v) is 7.99. The molecule has 0 aliphatic heterocycles. The first-order valence-electron chi connectivity index (χ1n) is 6.50. The molecule has 0 aliphatic rings. The van der Waals surface area contributed by atoms with Crippen molar-refractivity contribution in [2.75, 3.05) is 20.7 Å². The second kappa shape index (κ2) is 6.44. The number of carbonyl (C=O) groups excluding carboxylic acids is 1. The molecule has 1 amide bonds. The number of hydrogen-bond donors (Lipinski definition) is 2. The Morgan fingerprint density at radius 2 is 1.90 bits per heavy atom. The summed E-state index contributed by atoms with van der Waals surface area (Å²) in [7, 11) is -1.01. The van der Waals surface area contributed by atoms with Crippen LogP contribution >= 0.6 is 0 Å². The number of ether oxygens (including phenoxy) is 1. The zero-order valence-corrected chi connectivity index (χ0v) is 13.8. The maximum atomic E-state index is 12.1. The normalized spacial score (nSPS) is 12.0. The zero-order valence-electron chi connectivity index (χ0n) is 13.0. The van der Waals surface area contributed by atoms with Crippen molar-refractivity contribution < 1.29 is 17.9 Å². The Labute approximate surface area is 125 Å². The van der Waals surface area contributed by atoms with Gasteiger partial charge in [-0.1, -0.05) is 20.8 Å². The average molecular weight is 314 g/mol. The van der Waals surface area contributed by atoms with E-state index < -0.39 is 10.0 Å². The van der Waals surface area contributed by atoms with Crippen LogP contribution in [0.1, 0.15) is 31.1 Å². The van der Waals surface area contributed by atoms with Crippen molar-refractivity contribution in [2.24, 2.45) is 5.41 Å². The van der Waals surface area contributed by atoms with Crippen LogP contribution in [-0.2, 0) is 10.0 Å². The Balaban J connectivity index is 3.12. The first kappa shape index (κ1) is 17.5. The third kappa shape index (κ3) is 4.71. The molecule has 1 aromatic carbocycles. The highest BCUT2D eigenvalue weighted by atomic mass is 32.2. The van der Waals surface area contributed by atoms with Crippen LogP contribution in [0.25, 0.3) is 0 Å². The molecule has 21 heavy (non-hydrogen) atoms. The number of rotatable bonds is 5. The molecule has 0 radical (unpaired) electrons. The topological polar surface area (TPSA) is 84.5 Å². The number of carbonyl (C=O) groups is 1. The fraction of sp³-hybridized carbons (Fsp3) is 0.500. The van der Waals surface area contributed by atoms with E-state index in [0.717, 1.165) is 0 Å². The molecule has 0 heterocycles. The monoisotopic (exact) mass is 314 g/mol. The van der Waals surface area contributed by atoms with E-state index in [1.54, 1.807) is 0 Å². The molecule has 1 aromatic rings. The van der Waals surface area contributed by atoms with Crippen LogP contribution in [0, 0.1) is 5.41 Å². The number of hydrogen-bond acceptors (Lipinski definition) is 4. The van der Waals surface area contributed by atoms with E-state index in [1.807, 2.05) is 20.8 Å². The fourth-order valence-electron chi connectivity index (χ4n) is 1.59. The minimum atomic E-state index is -3.70. The summed E-state index contributed by atoms with van der Waals surface area (Å²) < 4.78 is 31.1. The Morgan fingerprint density at radius 3 is 2.38 bits per heavy atom. The van der Waals surface area contributed by atoms with E-state index in [4.69, 9.17) is 4.74 Å². The molecule has 6 nitrogen and oxygen atoms in total. The molecule has 0 saturated carbocycles. The van der Waals surface area contributed by atoms with Gasteiger partial charge in [0.15, 0.2) is 0 Å². The van der Waals surface area contributed by atoms with Gasteiger partial charge in [-0.25, -0.2) is 13.1 Å². The van der Waals surface area contributed by atoms with E-state index in [0.29, 0.717) is 6.54 Å². The van der Waals surface area contributed by atoms with Gasteiger partial charge in [-0.05, 0) is 30.7 Å². The lowest BCUT2D eigenvalue weighted by Gasteiger charge is -2.19. The summed E-state index contributed by atoms with van der Waals surface area (Å²) in [5, 5.41) is 2.78. The van der Waals surface area contributed by atoms with E-state index in [1.165, 1.54) is 32.4 Å². The van der Waals surface area contributed by atoms with Crippen LogP contribution in [0.3, 0.4) is 0 Å². The highest BCUT2D eigenvalue weighted by Crippen LogP contribution is 2.24. The molecular formula is C14H22N2O4S. The Kier molecular flexibility index (Phi) is 5.36. The first-order chi connectivity index (χ1) is 9.60. The van der Waals surface area contributed by atoms with Gasteiger partial charge in [0.05, 0.1) is 7.11 Å². The van der Waals surface area contributed by atoms with Crippen molar-refractivity contribution in [3.63, 3.8) is 0 Å². The molecule has 0 unspecified atom stereocenters. The number of benzene rings is 1. The summed E-state index contributed by atoms with van der Waals surface area (Å²) in [5.41, 5.74) is 0.219. The van der Waals surface area contributed by atoms with Gasteiger partial charge in [0, 0.05) is 12.1 Å². The van der Waals surface area contributed by atoms with Crippen LogP contribution in [0.5, 0.6) is 5.75 Å². The Morgan fingerprint density at radius 1 is 1.29 bits per heavy atom. The van der Waals surface area contributed by atoms with Gasteiger partial charge in [0.25, 0.3) is 5.91 Å². The van der Waals surface area contributed by atoms with Crippen LogP contribution in [0.4, 0.5) is 0 Å². The van der Waals surface area contributed by atoms with Gasteiger partial charge < -0.3 is 10.1 Å². The van der Waals surface area contributed by atoms with Crippen molar-refractivity contribution in [1.82, 2.24) is 10.0 Å². The van der Waals surface area contributed by atoms with Gasteiger partial charge in [-0.2, -0.15) is 0 Å². The second-order valence-electron chi connectivity index (χ2n) is 5.82. The number of amides is 1. The predicted molar refractivity (Wildman–Crippen MR) is 81.0 cm³/mol. The zero-order chi connectivity index (χ0) is 16.3. The largest absolute Gasteiger partial charge is 0.495 e. The highest BCUT2D eigenvalue weighted by molar-refractivity contribution is 7.89. The van der Waals surface area contributed by atoms with Crippen LogP contribution in [0.15, 0.2) is 23.1 Å². The maximum absolute atomic E-state index is 12.1. The summed E-state index contributed by atoms with van der Waals surface area (Å²) in [6, 6.07) is 4.31. The SMILES string of the molecule is CNS(=O)(=O)c1cc(C(=O)NCC(C)(C)C)ccc1OC. The van der Waals surface area contributed by atoms with Gasteiger partial charge in [0.1, 0.15) is 10.6 Å².